The van der Waals surface area contributed by atoms with E-state index in [0.717, 1.165) is 25.9 Å². The second kappa shape index (κ2) is 32.2. The molecule has 0 aromatic heterocycles. The van der Waals surface area contributed by atoms with Gasteiger partial charge < -0.3 is 9.90 Å². The second-order valence-corrected chi connectivity index (χ2v) is 11.5. The topological polar surface area (TPSA) is 43.4 Å². The Morgan fingerprint density at radius 1 is 0.486 bits per heavy atom. The van der Waals surface area contributed by atoms with E-state index in [0.29, 0.717) is 0 Å². The van der Waals surface area contributed by atoms with Gasteiger partial charge in [0.2, 0.25) is 0 Å². The van der Waals surface area contributed by atoms with Crippen molar-refractivity contribution in [3.8, 4) is 0 Å². The number of carbonyl (C=O) groups excluding carboxylic acids is 1. The van der Waals surface area contributed by atoms with E-state index >= 15 is 0 Å². The Hall–Kier alpha value is 0.0274. The molecule has 0 aliphatic heterocycles. The summed E-state index contributed by atoms with van der Waals surface area (Å²) in [5.41, 5.74) is 0. The Balaban J connectivity index is 0. The van der Waals surface area contributed by atoms with Gasteiger partial charge in [-0.1, -0.05) is 168 Å². The van der Waals surface area contributed by atoms with Gasteiger partial charge >= 0.3 is 18.9 Å². The summed E-state index contributed by atoms with van der Waals surface area (Å²) in [7, 11) is 0. The zero-order chi connectivity index (χ0) is 26.5. The Morgan fingerprint density at radius 2 is 0.703 bits per heavy atom. The number of hydrogen-bond acceptors (Lipinski definition) is 3. The van der Waals surface area contributed by atoms with Crippen molar-refractivity contribution in [3.63, 3.8) is 0 Å². The van der Waals surface area contributed by atoms with E-state index in [1.807, 2.05) is 0 Å². The number of nitrogens with zero attached hydrogens (tertiary/aromatic N) is 1. The largest absolute Gasteiger partial charge is 1.00 e. The van der Waals surface area contributed by atoms with Crippen molar-refractivity contribution in [2.24, 2.45) is 0 Å². The van der Waals surface area contributed by atoms with Gasteiger partial charge in [0.15, 0.2) is 0 Å². The van der Waals surface area contributed by atoms with Crippen molar-refractivity contribution in [1.29, 1.82) is 0 Å². The molecule has 1 unspecified atom stereocenters. The molecule has 216 valence electrons. The molecule has 0 rings (SSSR count). The van der Waals surface area contributed by atoms with Crippen molar-refractivity contribution >= 4 is 5.97 Å². The Kier molecular flexibility index (Phi) is 34.1. The Bertz CT molecular complexity index is 416. The molecule has 1 atom stereocenters. The quantitative estimate of drug-likeness (QED) is 0.0798. The number of aliphatic carboxylic acids is 1. The van der Waals surface area contributed by atoms with Crippen LogP contribution in [-0.2, 0) is 4.79 Å². The van der Waals surface area contributed by atoms with E-state index in [2.05, 4.69) is 18.7 Å². The van der Waals surface area contributed by atoms with E-state index in [9.17, 15) is 9.90 Å². The third-order valence-corrected chi connectivity index (χ3v) is 7.99. The first-order valence-electron chi connectivity index (χ1n) is 16.6. The van der Waals surface area contributed by atoms with Gasteiger partial charge in [-0.15, -0.1) is 0 Å². The van der Waals surface area contributed by atoms with E-state index < -0.39 is 12.0 Å². The van der Waals surface area contributed by atoms with E-state index in [4.69, 9.17) is 0 Å². The number of carbonyl (C=O) groups is 1. The van der Waals surface area contributed by atoms with Gasteiger partial charge in [0.05, 0.1) is 5.97 Å². The third kappa shape index (κ3) is 28.8. The molecule has 0 amide bonds. The molecule has 0 N–H and O–H groups in total. The molecule has 0 bridgehead atoms. The summed E-state index contributed by atoms with van der Waals surface area (Å²) in [5, 5.41) is 11.5. The fourth-order valence-electron chi connectivity index (χ4n) is 5.31. The van der Waals surface area contributed by atoms with Gasteiger partial charge in [-0.2, -0.15) is 0 Å². The maximum absolute atomic E-state index is 11.5. The predicted octanol–water partition coefficient (Wildman–Crippen LogP) is 6.61. The molecule has 0 fully saturated rings. The van der Waals surface area contributed by atoms with E-state index in [1.54, 1.807) is 6.92 Å². The minimum Gasteiger partial charge on any atom is -0.548 e. The van der Waals surface area contributed by atoms with E-state index in [1.165, 1.54) is 154 Å². The monoisotopic (exact) mass is 516 g/mol. The minimum absolute atomic E-state index is 0. The summed E-state index contributed by atoms with van der Waals surface area (Å²) >= 11 is 0. The molecular formula is C33H66LiNO2. The summed E-state index contributed by atoms with van der Waals surface area (Å²) in [6.07, 6.45) is 35.1. The zero-order valence-corrected chi connectivity index (χ0v) is 26.1. The molecule has 0 aliphatic carbocycles. The van der Waals surface area contributed by atoms with Gasteiger partial charge in [0, 0.05) is 6.04 Å². The van der Waals surface area contributed by atoms with Crippen LogP contribution in [-0.4, -0.2) is 30.0 Å². The molecule has 0 aliphatic rings. The van der Waals surface area contributed by atoms with Crippen molar-refractivity contribution in [2.45, 2.75) is 194 Å². The van der Waals surface area contributed by atoms with Crippen LogP contribution < -0.4 is 24.0 Å². The van der Waals surface area contributed by atoms with Crippen molar-refractivity contribution < 1.29 is 28.8 Å². The molecule has 0 saturated heterocycles. The number of carboxylic acid groups (broad SMARTS) is 1. The van der Waals surface area contributed by atoms with Gasteiger partial charge in [0.1, 0.15) is 0 Å². The molecule has 0 spiro atoms. The average molecular weight is 516 g/mol. The van der Waals surface area contributed by atoms with Crippen LogP contribution in [0.25, 0.3) is 0 Å². The maximum atomic E-state index is 11.5. The normalized spacial score (nSPS) is 12.1. The molecule has 4 heteroatoms. The van der Waals surface area contributed by atoms with E-state index in [-0.39, 0.29) is 18.9 Å². The van der Waals surface area contributed by atoms with Crippen LogP contribution >= 0.6 is 0 Å². The van der Waals surface area contributed by atoms with Crippen molar-refractivity contribution in [3.05, 3.63) is 0 Å². The summed E-state index contributed by atoms with van der Waals surface area (Å²) in [6.45, 7) is 8.18. The van der Waals surface area contributed by atoms with Crippen molar-refractivity contribution in [1.82, 2.24) is 4.90 Å². The molecule has 0 radical (unpaired) electrons. The first-order chi connectivity index (χ1) is 17.6. The molecule has 0 aromatic rings. The molecule has 0 heterocycles. The number of hydrogen-bond donors (Lipinski definition) is 0. The van der Waals surface area contributed by atoms with Crippen LogP contribution in [0.15, 0.2) is 0 Å². The van der Waals surface area contributed by atoms with Crippen LogP contribution in [0.3, 0.4) is 0 Å². The maximum Gasteiger partial charge on any atom is 1.00 e. The zero-order valence-electron chi connectivity index (χ0n) is 26.1. The average Bonchev–Trinajstić information content (AvgIpc) is 2.87. The Labute approximate surface area is 245 Å². The molecular weight excluding hydrogens is 449 g/mol. The summed E-state index contributed by atoms with van der Waals surface area (Å²) < 4.78 is 0. The van der Waals surface area contributed by atoms with Gasteiger partial charge in [-0.3, -0.25) is 4.90 Å². The van der Waals surface area contributed by atoms with Crippen LogP contribution in [0.4, 0.5) is 0 Å². The third-order valence-electron chi connectivity index (χ3n) is 7.99. The summed E-state index contributed by atoms with van der Waals surface area (Å²) in [4.78, 5) is 13.6. The first-order valence-corrected chi connectivity index (χ1v) is 16.6. The second-order valence-electron chi connectivity index (χ2n) is 11.5. The molecule has 3 nitrogen and oxygen atoms in total. The molecule has 0 saturated carbocycles. The predicted molar refractivity (Wildman–Crippen MR) is 157 cm³/mol. The van der Waals surface area contributed by atoms with Crippen LogP contribution in [0.2, 0.25) is 0 Å². The van der Waals surface area contributed by atoms with Crippen LogP contribution in [0.1, 0.15) is 188 Å². The summed E-state index contributed by atoms with van der Waals surface area (Å²) in [6, 6.07) is -0.459. The van der Waals surface area contributed by atoms with Gasteiger partial charge in [0.25, 0.3) is 0 Å². The van der Waals surface area contributed by atoms with Crippen LogP contribution in [0, 0.1) is 0 Å². The summed E-state index contributed by atoms with van der Waals surface area (Å²) in [5.74, 6) is -0.917. The van der Waals surface area contributed by atoms with Gasteiger partial charge in [-0.05, 0) is 32.9 Å². The fraction of sp³-hybridized carbons (Fsp3) is 0.970. The number of unbranched alkanes of at least 4 members (excludes halogenated alkanes) is 24. The molecule has 0 aromatic carbocycles. The fourth-order valence-corrected chi connectivity index (χ4v) is 5.31. The smallest absolute Gasteiger partial charge is 0.548 e. The molecule has 37 heavy (non-hydrogen) atoms. The number of carboxylic acids is 1. The Morgan fingerprint density at radius 3 is 0.919 bits per heavy atom. The SMILES string of the molecule is CCCCCCCCCCCCCCCN(CCCCCCCCCCCCCCC)C(C)C(=O)[O-].[Li+]. The minimum atomic E-state index is -0.917. The number of rotatable bonds is 30. The first kappa shape index (κ1) is 39.2. The standard InChI is InChI=1S/C33H67NO2.Li/c1-4-6-8-10-12-14-16-18-20-22-24-26-28-30-34(32(3)33(35)36)31-29-27-25-23-21-19-17-15-13-11-9-7-5-2;/h32H,4-31H2,1-3H3,(H,35,36);/q;+1/p-1. The van der Waals surface area contributed by atoms with Crippen LogP contribution in [0.5, 0.6) is 0 Å². The van der Waals surface area contributed by atoms with Crippen molar-refractivity contribution in [2.75, 3.05) is 13.1 Å². The van der Waals surface area contributed by atoms with Gasteiger partial charge in [-0.25, -0.2) is 0 Å².